The van der Waals surface area contributed by atoms with E-state index in [0.29, 0.717) is 0 Å². The molecule has 0 spiro atoms. The Morgan fingerprint density at radius 1 is 1.12 bits per heavy atom. The Bertz CT molecular complexity index is 1000. The molecule has 0 amide bonds. The predicted molar refractivity (Wildman–Crippen MR) is 93.3 cm³/mol. The first-order chi connectivity index (χ1) is 11.7. The number of pyridine rings is 1. The third-order valence-electron chi connectivity index (χ3n) is 3.87. The molecule has 6 nitrogen and oxygen atoms in total. The van der Waals surface area contributed by atoms with E-state index < -0.39 is 0 Å². The minimum atomic E-state index is 0.771. The topological polar surface area (TPSA) is 56.4 Å². The van der Waals surface area contributed by atoms with Crippen LogP contribution in [-0.4, -0.2) is 26.0 Å². The van der Waals surface area contributed by atoms with E-state index in [4.69, 9.17) is 4.74 Å². The molecule has 0 atom stereocenters. The van der Waals surface area contributed by atoms with E-state index >= 15 is 0 Å². The van der Waals surface area contributed by atoms with E-state index in [1.807, 2.05) is 64.8 Å². The fraction of sp³-hybridized carbons (Fsp3) is 0.111. The lowest BCUT2D eigenvalue weighted by Crippen LogP contribution is -1.99. The molecule has 0 aliphatic carbocycles. The zero-order valence-electron chi connectivity index (χ0n) is 13.5. The van der Waals surface area contributed by atoms with Crippen molar-refractivity contribution in [3.05, 3.63) is 67.1 Å². The molecule has 0 aliphatic heterocycles. The molecule has 6 heteroatoms. The second kappa shape index (κ2) is 5.73. The molecule has 3 heterocycles. The number of imidazole rings is 2. The van der Waals surface area contributed by atoms with Crippen molar-refractivity contribution < 1.29 is 4.74 Å². The lowest BCUT2D eigenvalue weighted by molar-refractivity contribution is 0.413. The summed E-state index contributed by atoms with van der Waals surface area (Å²) in [5.74, 6) is 0.771. The maximum atomic E-state index is 5.55. The highest BCUT2D eigenvalue weighted by molar-refractivity contribution is 5.75. The van der Waals surface area contributed by atoms with E-state index in [0.717, 1.165) is 34.2 Å². The van der Waals surface area contributed by atoms with Crippen LogP contribution in [0.4, 0.5) is 11.4 Å². The van der Waals surface area contributed by atoms with Crippen LogP contribution in [0.2, 0.25) is 0 Å². The Morgan fingerprint density at radius 3 is 2.83 bits per heavy atom. The number of aryl methyl sites for hydroxylation is 1. The summed E-state index contributed by atoms with van der Waals surface area (Å²) >= 11 is 0. The quantitative estimate of drug-likeness (QED) is 0.624. The van der Waals surface area contributed by atoms with Gasteiger partial charge in [-0.15, -0.1) is 0 Å². The van der Waals surface area contributed by atoms with Gasteiger partial charge in [0.15, 0.2) is 5.65 Å². The first-order valence-corrected chi connectivity index (χ1v) is 7.62. The normalized spacial score (nSPS) is 10.9. The summed E-state index contributed by atoms with van der Waals surface area (Å²) < 4.78 is 9.48. The summed E-state index contributed by atoms with van der Waals surface area (Å²) in [6.07, 6.45) is 9.43. The summed E-state index contributed by atoms with van der Waals surface area (Å²) in [6, 6.07) is 9.98. The van der Waals surface area contributed by atoms with E-state index in [1.165, 1.54) is 0 Å². The number of ether oxygens (including phenoxy) is 1. The van der Waals surface area contributed by atoms with Gasteiger partial charge in [0.25, 0.3) is 0 Å². The summed E-state index contributed by atoms with van der Waals surface area (Å²) in [5, 5.41) is 3.40. The lowest BCUT2D eigenvalue weighted by Gasteiger charge is -2.13. The third kappa shape index (κ3) is 2.48. The SMILES string of the molecule is COc1cc(Nc2cccn3ccnc23)ccc1-n1cnc(C)c1. The van der Waals surface area contributed by atoms with Crippen molar-refractivity contribution in [2.75, 3.05) is 12.4 Å². The van der Waals surface area contributed by atoms with E-state index in [1.54, 1.807) is 19.6 Å². The Morgan fingerprint density at radius 2 is 2.04 bits per heavy atom. The van der Waals surface area contributed by atoms with Crippen LogP contribution in [0.25, 0.3) is 11.3 Å². The second-order valence-electron chi connectivity index (χ2n) is 5.51. The Hall–Kier alpha value is -3.28. The van der Waals surface area contributed by atoms with Gasteiger partial charge in [0.05, 0.1) is 30.5 Å². The summed E-state index contributed by atoms with van der Waals surface area (Å²) in [4.78, 5) is 8.65. The van der Waals surface area contributed by atoms with Crippen molar-refractivity contribution in [2.45, 2.75) is 6.92 Å². The average molecular weight is 319 g/mol. The molecule has 4 rings (SSSR count). The number of fused-ring (bicyclic) bond motifs is 1. The number of anilines is 2. The van der Waals surface area contributed by atoms with Crippen LogP contribution in [0.1, 0.15) is 5.69 Å². The Balaban J connectivity index is 1.71. The molecule has 1 N–H and O–H groups in total. The van der Waals surface area contributed by atoms with E-state index in [9.17, 15) is 0 Å². The van der Waals surface area contributed by atoms with Crippen LogP contribution in [0.15, 0.2) is 61.4 Å². The smallest absolute Gasteiger partial charge is 0.160 e. The summed E-state index contributed by atoms with van der Waals surface area (Å²) in [5.41, 5.74) is 4.66. The van der Waals surface area contributed by atoms with Crippen LogP contribution in [0.5, 0.6) is 5.75 Å². The third-order valence-corrected chi connectivity index (χ3v) is 3.87. The first kappa shape index (κ1) is 14.3. The van der Waals surface area contributed by atoms with Gasteiger partial charge >= 0.3 is 0 Å². The number of nitrogens with one attached hydrogen (secondary N) is 1. The van der Waals surface area contributed by atoms with Gasteiger partial charge in [0.1, 0.15) is 5.75 Å². The van der Waals surface area contributed by atoms with Crippen molar-refractivity contribution in [1.29, 1.82) is 0 Å². The van der Waals surface area contributed by atoms with Crippen molar-refractivity contribution in [3.63, 3.8) is 0 Å². The molecule has 4 aromatic rings. The second-order valence-corrected chi connectivity index (χ2v) is 5.51. The van der Waals surface area contributed by atoms with E-state index in [2.05, 4.69) is 15.3 Å². The molecule has 0 radical (unpaired) electrons. The molecule has 24 heavy (non-hydrogen) atoms. The first-order valence-electron chi connectivity index (χ1n) is 7.62. The summed E-state index contributed by atoms with van der Waals surface area (Å²) in [6.45, 7) is 1.96. The average Bonchev–Trinajstić information content (AvgIpc) is 3.24. The van der Waals surface area contributed by atoms with Gasteiger partial charge in [-0.2, -0.15) is 0 Å². The highest BCUT2D eigenvalue weighted by atomic mass is 16.5. The predicted octanol–water partition coefficient (Wildman–Crippen LogP) is 3.58. The van der Waals surface area contributed by atoms with Crippen molar-refractivity contribution >= 4 is 17.0 Å². The van der Waals surface area contributed by atoms with E-state index in [-0.39, 0.29) is 0 Å². The van der Waals surface area contributed by atoms with Crippen LogP contribution < -0.4 is 10.1 Å². The van der Waals surface area contributed by atoms with Crippen LogP contribution in [0.3, 0.4) is 0 Å². The highest BCUT2D eigenvalue weighted by Gasteiger charge is 2.09. The number of aromatic nitrogens is 4. The standard InChI is InChI=1S/C18H17N5O/c1-13-11-23(12-20-13)16-6-5-14(10-17(16)24-2)21-15-4-3-8-22-9-7-19-18(15)22/h3-12,21H,1-2H3. The van der Waals surface area contributed by atoms with Crippen molar-refractivity contribution in [2.24, 2.45) is 0 Å². The van der Waals surface area contributed by atoms with Gasteiger partial charge in [0, 0.05) is 36.5 Å². The van der Waals surface area contributed by atoms with Crippen LogP contribution in [-0.2, 0) is 0 Å². The zero-order valence-corrected chi connectivity index (χ0v) is 13.5. The van der Waals surface area contributed by atoms with Gasteiger partial charge < -0.3 is 19.0 Å². The molecular weight excluding hydrogens is 302 g/mol. The van der Waals surface area contributed by atoms with Gasteiger partial charge in [-0.1, -0.05) is 0 Å². The largest absolute Gasteiger partial charge is 0.494 e. The minimum absolute atomic E-state index is 0.771. The Kier molecular flexibility index (Phi) is 3.42. The number of benzene rings is 1. The zero-order chi connectivity index (χ0) is 16.5. The molecule has 0 saturated carbocycles. The van der Waals surface area contributed by atoms with Crippen LogP contribution >= 0.6 is 0 Å². The highest BCUT2D eigenvalue weighted by Crippen LogP contribution is 2.29. The van der Waals surface area contributed by atoms with Gasteiger partial charge in [-0.25, -0.2) is 9.97 Å². The van der Waals surface area contributed by atoms with Gasteiger partial charge in [-0.3, -0.25) is 0 Å². The maximum Gasteiger partial charge on any atom is 0.160 e. The number of methoxy groups -OCH3 is 1. The molecule has 1 aromatic carbocycles. The molecule has 0 bridgehead atoms. The number of rotatable bonds is 4. The molecule has 0 aliphatic rings. The molecule has 0 unspecified atom stereocenters. The van der Waals surface area contributed by atoms with Crippen molar-refractivity contribution in [3.8, 4) is 11.4 Å². The Labute approximate surface area is 139 Å². The minimum Gasteiger partial charge on any atom is -0.494 e. The fourth-order valence-corrected chi connectivity index (χ4v) is 2.72. The summed E-state index contributed by atoms with van der Waals surface area (Å²) in [7, 11) is 1.67. The monoisotopic (exact) mass is 319 g/mol. The molecule has 120 valence electrons. The number of hydrogen-bond acceptors (Lipinski definition) is 4. The number of nitrogens with zero attached hydrogens (tertiary/aromatic N) is 4. The van der Waals surface area contributed by atoms with Gasteiger partial charge in [-0.05, 0) is 31.2 Å². The molecule has 0 fully saturated rings. The molecule has 3 aromatic heterocycles. The molecule has 0 saturated heterocycles. The maximum absolute atomic E-state index is 5.55. The van der Waals surface area contributed by atoms with Crippen LogP contribution in [0, 0.1) is 6.92 Å². The molecular formula is C18H17N5O. The fourth-order valence-electron chi connectivity index (χ4n) is 2.72. The number of hydrogen-bond donors (Lipinski definition) is 1. The van der Waals surface area contributed by atoms with Gasteiger partial charge in [0.2, 0.25) is 0 Å². The van der Waals surface area contributed by atoms with Crippen molar-refractivity contribution in [1.82, 2.24) is 18.9 Å². The lowest BCUT2D eigenvalue weighted by atomic mass is 10.2.